The van der Waals surface area contributed by atoms with Crippen LogP contribution < -0.4 is 5.32 Å². The Labute approximate surface area is 165 Å². The molecule has 2 aromatic rings. The first kappa shape index (κ1) is 17.6. The second kappa shape index (κ2) is 6.84. The average Bonchev–Trinajstić information content (AvgIpc) is 3.01. The number of hydrogen-bond donors (Lipinski definition) is 1. The van der Waals surface area contributed by atoms with Crippen molar-refractivity contribution in [1.82, 2.24) is 14.9 Å². The minimum Gasteiger partial charge on any atom is -0.355 e. The number of imidazole rings is 1. The molecule has 0 spiro atoms. The molecule has 4 bridgehead atoms. The molecule has 1 heterocycles. The Bertz CT molecular complexity index is 823. The molecule has 1 aromatic carbocycles. The number of amides is 1. The molecule has 0 saturated heterocycles. The Kier molecular flexibility index (Phi) is 4.46. The zero-order chi connectivity index (χ0) is 18.4. The third kappa shape index (κ3) is 3.28. The fraction of sp³-hybridized carbons (Fsp3) is 0.636. The van der Waals surface area contributed by atoms with Gasteiger partial charge in [-0.15, -0.1) is 0 Å². The molecule has 0 radical (unpaired) electrons. The van der Waals surface area contributed by atoms with Crippen molar-refractivity contribution < 1.29 is 4.79 Å². The van der Waals surface area contributed by atoms with Crippen LogP contribution in [-0.2, 0) is 11.3 Å². The van der Waals surface area contributed by atoms with Gasteiger partial charge in [0.2, 0.25) is 5.91 Å². The lowest BCUT2D eigenvalue weighted by Gasteiger charge is -2.56. The van der Waals surface area contributed by atoms with E-state index in [1.54, 1.807) is 11.8 Å². The molecular weight excluding hydrogens is 354 g/mol. The molecule has 0 unspecified atom stereocenters. The van der Waals surface area contributed by atoms with Crippen LogP contribution in [0, 0.1) is 23.2 Å². The maximum Gasteiger partial charge on any atom is 0.230 e. The normalized spacial score (nSPS) is 31.5. The number of fused-ring (bicyclic) bond motifs is 1. The Morgan fingerprint density at radius 1 is 1.19 bits per heavy atom. The molecule has 0 aliphatic heterocycles. The van der Waals surface area contributed by atoms with Crippen LogP contribution in [0.2, 0.25) is 0 Å². The fourth-order valence-electron chi connectivity index (χ4n) is 6.44. The van der Waals surface area contributed by atoms with Gasteiger partial charge in [-0.05, 0) is 80.8 Å². The molecule has 4 nitrogen and oxygen atoms in total. The zero-order valence-electron chi connectivity index (χ0n) is 16.1. The number of nitrogens with zero attached hydrogens (tertiary/aromatic N) is 2. The highest BCUT2D eigenvalue weighted by Gasteiger charge is 2.50. The number of thioether (sulfide) groups is 1. The number of hydrogen-bond acceptors (Lipinski definition) is 3. The van der Waals surface area contributed by atoms with Gasteiger partial charge >= 0.3 is 0 Å². The van der Waals surface area contributed by atoms with E-state index in [-0.39, 0.29) is 5.91 Å². The van der Waals surface area contributed by atoms with Crippen molar-refractivity contribution in [3.63, 3.8) is 0 Å². The topological polar surface area (TPSA) is 46.9 Å². The van der Waals surface area contributed by atoms with Gasteiger partial charge in [0.15, 0.2) is 5.16 Å². The molecule has 4 fully saturated rings. The van der Waals surface area contributed by atoms with Crippen LogP contribution >= 0.6 is 11.8 Å². The number of aromatic nitrogens is 2. The summed E-state index contributed by atoms with van der Waals surface area (Å²) < 4.78 is 2.20. The average molecular weight is 384 g/mol. The lowest BCUT2D eigenvalue weighted by atomic mass is 9.49. The van der Waals surface area contributed by atoms with Gasteiger partial charge in [-0.3, -0.25) is 4.79 Å². The van der Waals surface area contributed by atoms with Crippen molar-refractivity contribution in [3.05, 3.63) is 24.3 Å². The van der Waals surface area contributed by atoms with Gasteiger partial charge in [-0.2, -0.15) is 0 Å². The Morgan fingerprint density at radius 3 is 2.52 bits per heavy atom. The van der Waals surface area contributed by atoms with E-state index in [4.69, 9.17) is 4.98 Å². The molecule has 4 saturated carbocycles. The molecule has 1 N–H and O–H groups in total. The van der Waals surface area contributed by atoms with Crippen LogP contribution in [0.4, 0.5) is 0 Å². The predicted octanol–water partition coefficient (Wildman–Crippen LogP) is 4.48. The molecule has 0 atom stereocenters. The van der Waals surface area contributed by atoms with Crippen LogP contribution in [0.5, 0.6) is 0 Å². The number of carbonyl (C=O) groups is 1. The number of aryl methyl sites for hydroxylation is 1. The summed E-state index contributed by atoms with van der Waals surface area (Å²) in [4.78, 5) is 17.3. The van der Waals surface area contributed by atoms with Crippen molar-refractivity contribution in [3.8, 4) is 0 Å². The van der Waals surface area contributed by atoms with Crippen LogP contribution in [0.3, 0.4) is 0 Å². The van der Waals surface area contributed by atoms with E-state index in [1.807, 2.05) is 18.2 Å². The van der Waals surface area contributed by atoms with Gasteiger partial charge in [0, 0.05) is 13.1 Å². The van der Waals surface area contributed by atoms with Crippen LogP contribution in [-0.4, -0.2) is 27.8 Å². The highest BCUT2D eigenvalue weighted by atomic mass is 32.2. The van der Waals surface area contributed by atoms with E-state index in [1.165, 1.54) is 38.5 Å². The largest absolute Gasteiger partial charge is 0.355 e. The van der Waals surface area contributed by atoms with Gasteiger partial charge in [0.1, 0.15) is 0 Å². The SMILES string of the molecule is CCn1c(SCC(=O)NCC23CC4CC(CC(C4)C2)C3)nc2ccccc21. The summed E-state index contributed by atoms with van der Waals surface area (Å²) in [7, 11) is 0. The first-order chi connectivity index (χ1) is 13.1. The predicted molar refractivity (Wildman–Crippen MR) is 110 cm³/mol. The van der Waals surface area contributed by atoms with Gasteiger partial charge in [-0.25, -0.2) is 4.98 Å². The summed E-state index contributed by atoms with van der Waals surface area (Å²) in [6.07, 6.45) is 8.40. The van der Waals surface area contributed by atoms with Crippen LogP contribution in [0.1, 0.15) is 45.4 Å². The van der Waals surface area contributed by atoms with Crippen molar-refractivity contribution in [2.24, 2.45) is 23.2 Å². The molecule has 1 aromatic heterocycles. The molecular formula is C22H29N3OS. The van der Waals surface area contributed by atoms with Crippen molar-refractivity contribution >= 4 is 28.7 Å². The first-order valence-corrected chi connectivity index (χ1v) is 11.5. The standard InChI is InChI=1S/C22H29N3OS/c1-2-25-19-6-4-3-5-18(19)24-21(25)27-13-20(26)23-14-22-10-15-7-16(11-22)9-17(8-15)12-22/h3-6,15-17H,2,7-14H2,1H3,(H,23,26). The minimum absolute atomic E-state index is 0.158. The van der Waals surface area contributed by atoms with Crippen LogP contribution in [0.15, 0.2) is 29.4 Å². The van der Waals surface area contributed by atoms with Crippen LogP contribution in [0.25, 0.3) is 11.0 Å². The molecule has 27 heavy (non-hydrogen) atoms. The fourth-order valence-corrected chi connectivity index (χ4v) is 7.35. The minimum atomic E-state index is 0.158. The van der Waals surface area contributed by atoms with E-state index in [0.29, 0.717) is 11.2 Å². The van der Waals surface area contributed by atoms with E-state index in [0.717, 1.165) is 47.0 Å². The summed E-state index contributed by atoms with van der Waals surface area (Å²) in [6, 6.07) is 8.20. The summed E-state index contributed by atoms with van der Waals surface area (Å²) in [5, 5.41) is 4.23. The van der Waals surface area contributed by atoms with Crippen molar-refractivity contribution in [2.75, 3.05) is 12.3 Å². The smallest absolute Gasteiger partial charge is 0.230 e. The zero-order valence-corrected chi connectivity index (χ0v) is 16.9. The number of rotatable bonds is 6. The molecule has 4 aliphatic carbocycles. The van der Waals surface area contributed by atoms with Gasteiger partial charge in [0.25, 0.3) is 0 Å². The lowest BCUT2D eigenvalue weighted by Crippen LogP contribution is -2.51. The Hall–Kier alpha value is -1.49. The van der Waals surface area contributed by atoms with Gasteiger partial charge in [0.05, 0.1) is 16.8 Å². The van der Waals surface area contributed by atoms with Gasteiger partial charge in [-0.1, -0.05) is 23.9 Å². The summed E-state index contributed by atoms with van der Waals surface area (Å²) in [5.41, 5.74) is 2.57. The molecule has 144 valence electrons. The highest BCUT2D eigenvalue weighted by Crippen LogP contribution is 2.59. The van der Waals surface area contributed by atoms with E-state index in [9.17, 15) is 4.79 Å². The third-order valence-corrected chi connectivity index (χ3v) is 8.07. The molecule has 5 heteroatoms. The monoisotopic (exact) mass is 383 g/mol. The number of benzene rings is 1. The Balaban J connectivity index is 1.20. The highest BCUT2D eigenvalue weighted by molar-refractivity contribution is 7.99. The van der Waals surface area contributed by atoms with E-state index >= 15 is 0 Å². The molecule has 1 amide bonds. The van der Waals surface area contributed by atoms with Crippen molar-refractivity contribution in [1.29, 1.82) is 0 Å². The lowest BCUT2D eigenvalue weighted by molar-refractivity contribution is -0.120. The maximum absolute atomic E-state index is 12.6. The van der Waals surface area contributed by atoms with Crippen molar-refractivity contribution in [2.45, 2.75) is 57.1 Å². The number of para-hydroxylation sites is 2. The maximum atomic E-state index is 12.6. The van der Waals surface area contributed by atoms with Gasteiger partial charge < -0.3 is 9.88 Å². The molecule has 4 aliphatic rings. The second-order valence-electron chi connectivity index (χ2n) is 9.11. The number of carbonyl (C=O) groups excluding carboxylic acids is 1. The van der Waals surface area contributed by atoms with E-state index in [2.05, 4.69) is 22.9 Å². The Morgan fingerprint density at radius 2 is 1.85 bits per heavy atom. The summed E-state index contributed by atoms with van der Waals surface area (Å²) in [5.74, 6) is 3.42. The second-order valence-corrected chi connectivity index (χ2v) is 10.1. The third-order valence-electron chi connectivity index (χ3n) is 7.09. The summed E-state index contributed by atoms with van der Waals surface area (Å²) in [6.45, 7) is 3.89. The first-order valence-electron chi connectivity index (χ1n) is 10.5. The quantitative estimate of drug-likeness (QED) is 0.748. The summed E-state index contributed by atoms with van der Waals surface area (Å²) >= 11 is 1.56. The molecule has 6 rings (SSSR count). The number of nitrogens with one attached hydrogen (secondary N) is 1. The van der Waals surface area contributed by atoms with E-state index < -0.39 is 0 Å².